The van der Waals surface area contributed by atoms with Crippen molar-refractivity contribution in [1.29, 1.82) is 0 Å². The second-order valence-electron chi connectivity index (χ2n) is 7.11. The Hall–Kier alpha value is -3.06. The molecule has 29 heavy (non-hydrogen) atoms. The van der Waals surface area contributed by atoms with E-state index in [-0.39, 0.29) is 18.2 Å². The molecule has 0 saturated carbocycles. The van der Waals surface area contributed by atoms with Gasteiger partial charge in [0.1, 0.15) is 11.8 Å². The monoisotopic (exact) mass is 397 g/mol. The predicted octanol–water partition coefficient (Wildman–Crippen LogP) is 1.41. The molecule has 1 aliphatic heterocycles. The summed E-state index contributed by atoms with van der Waals surface area (Å²) in [4.78, 5) is 28.9. The molecular weight excluding hydrogens is 370 g/mol. The number of hydrogen-bond acceptors (Lipinski definition) is 6. The molecule has 154 valence electrons. The molecule has 2 aromatic carbocycles. The van der Waals surface area contributed by atoms with Crippen LogP contribution in [0.15, 0.2) is 54.6 Å². The van der Waals surface area contributed by atoms with Crippen molar-refractivity contribution in [2.45, 2.75) is 12.5 Å². The molecule has 1 atom stereocenters. The molecule has 7 nitrogen and oxygen atoms in total. The van der Waals surface area contributed by atoms with Gasteiger partial charge in [-0.05, 0) is 29.8 Å². The summed E-state index contributed by atoms with van der Waals surface area (Å²) in [7, 11) is 1.33. The van der Waals surface area contributed by atoms with Crippen LogP contribution in [0.4, 0.5) is 5.69 Å². The Kier molecular flexibility index (Phi) is 7.08. The molecule has 0 bridgehead atoms. The quantitative estimate of drug-likeness (QED) is 0.688. The number of carbonyl (C=O) groups excluding carboxylic acids is 2. The minimum absolute atomic E-state index is 0.186. The zero-order chi connectivity index (χ0) is 20.6. The Labute approximate surface area is 170 Å². The molecule has 1 aliphatic rings. The molecular formula is C22H27N3O4. The van der Waals surface area contributed by atoms with Crippen molar-refractivity contribution in [2.24, 2.45) is 0 Å². The molecule has 7 heteroatoms. The van der Waals surface area contributed by atoms with Gasteiger partial charge in [-0.25, -0.2) is 4.79 Å². The van der Waals surface area contributed by atoms with Crippen molar-refractivity contribution >= 4 is 17.6 Å². The molecule has 0 spiro atoms. The number of benzene rings is 2. The average molecular weight is 397 g/mol. The predicted molar refractivity (Wildman–Crippen MR) is 111 cm³/mol. The van der Waals surface area contributed by atoms with Crippen LogP contribution >= 0.6 is 0 Å². The minimum atomic E-state index is -0.701. The number of carbonyl (C=O) groups is 2. The first-order valence-corrected chi connectivity index (χ1v) is 9.72. The normalized spacial score (nSPS) is 15.6. The Balaban J connectivity index is 1.50. The maximum atomic E-state index is 12.5. The van der Waals surface area contributed by atoms with Gasteiger partial charge in [-0.3, -0.25) is 9.69 Å². The number of esters is 1. The number of aromatic hydroxyl groups is 1. The Bertz CT molecular complexity index is 803. The van der Waals surface area contributed by atoms with Gasteiger partial charge in [0.15, 0.2) is 0 Å². The van der Waals surface area contributed by atoms with Crippen LogP contribution in [0.1, 0.15) is 5.56 Å². The number of phenolic OH excluding ortho intramolecular Hbond substituents is 1. The van der Waals surface area contributed by atoms with E-state index in [1.165, 1.54) is 7.11 Å². The molecule has 0 unspecified atom stereocenters. The SMILES string of the molecule is COC(=O)[C@@H](Cc1ccccc1)NC(=O)CN1CCN(c2ccc(O)cc2)CC1. The second kappa shape index (κ2) is 9.93. The summed E-state index contributed by atoms with van der Waals surface area (Å²) < 4.78 is 4.86. The Morgan fingerprint density at radius 3 is 2.31 bits per heavy atom. The Morgan fingerprint density at radius 1 is 1.03 bits per heavy atom. The zero-order valence-electron chi connectivity index (χ0n) is 16.6. The fourth-order valence-electron chi connectivity index (χ4n) is 3.46. The number of amides is 1. The Morgan fingerprint density at radius 2 is 1.69 bits per heavy atom. The number of nitrogens with zero attached hydrogens (tertiary/aromatic N) is 2. The molecule has 3 rings (SSSR count). The first-order valence-electron chi connectivity index (χ1n) is 9.72. The summed E-state index contributed by atoms with van der Waals surface area (Å²) in [5, 5.41) is 12.2. The van der Waals surface area contributed by atoms with E-state index in [1.54, 1.807) is 12.1 Å². The fraction of sp³-hybridized carbons (Fsp3) is 0.364. The fourth-order valence-corrected chi connectivity index (χ4v) is 3.46. The van der Waals surface area contributed by atoms with E-state index < -0.39 is 12.0 Å². The number of nitrogens with one attached hydrogen (secondary N) is 1. The highest BCUT2D eigenvalue weighted by Crippen LogP contribution is 2.19. The highest BCUT2D eigenvalue weighted by atomic mass is 16.5. The molecule has 2 aromatic rings. The molecule has 0 aliphatic carbocycles. The summed E-state index contributed by atoms with van der Waals surface area (Å²) >= 11 is 0. The molecule has 2 N–H and O–H groups in total. The van der Waals surface area contributed by atoms with E-state index in [1.807, 2.05) is 42.5 Å². The van der Waals surface area contributed by atoms with E-state index in [0.29, 0.717) is 6.42 Å². The van der Waals surface area contributed by atoms with Crippen molar-refractivity contribution in [3.05, 3.63) is 60.2 Å². The lowest BCUT2D eigenvalue weighted by Crippen LogP contribution is -2.52. The van der Waals surface area contributed by atoms with Crippen LogP contribution in [0.3, 0.4) is 0 Å². The molecule has 0 aromatic heterocycles. The van der Waals surface area contributed by atoms with Gasteiger partial charge in [0.2, 0.25) is 5.91 Å². The van der Waals surface area contributed by atoms with Crippen LogP contribution < -0.4 is 10.2 Å². The van der Waals surface area contributed by atoms with Crippen LogP contribution in [0, 0.1) is 0 Å². The minimum Gasteiger partial charge on any atom is -0.508 e. The van der Waals surface area contributed by atoms with Crippen molar-refractivity contribution in [2.75, 3.05) is 44.7 Å². The van der Waals surface area contributed by atoms with Gasteiger partial charge in [0.25, 0.3) is 0 Å². The van der Waals surface area contributed by atoms with Gasteiger partial charge in [-0.1, -0.05) is 30.3 Å². The van der Waals surface area contributed by atoms with Crippen LogP contribution in [0.25, 0.3) is 0 Å². The van der Waals surface area contributed by atoms with Crippen LogP contribution in [-0.2, 0) is 20.7 Å². The number of phenols is 1. The van der Waals surface area contributed by atoms with E-state index in [2.05, 4.69) is 15.1 Å². The highest BCUT2D eigenvalue weighted by Gasteiger charge is 2.24. The van der Waals surface area contributed by atoms with Gasteiger partial charge in [-0.15, -0.1) is 0 Å². The summed E-state index contributed by atoms with van der Waals surface area (Å²) in [5.41, 5.74) is 2.02. The third kappa shape index (κ3) is 5.96. The van der Waals surface area contributed by atoms with E-state index >= 15 is 0 Å². The maximum Gasteiger partial charge on any atom is 0.328 e. The van der Waals surface area contributed by atoms with Crippen LogP contribution in [0.5, 0.6) is 5.75 Å². The summed E-state index contributed by atoms with van der Waals surface area (Å²) in [5.74, 6) is -0.381. The van der Waals surface area contributed by atoms with Gasteiger partial charge >= 0.3 is 5.97 Å². The van der Waals surface area contributed by atoms with Crippen LogP contribution in [-0.4, -0.2) is 67.8 Å². The van der Waals surface area contributed by atoms with Gasteiger partial charge in [-0.2, -0.15) is 0 Å². The maximum absolute atomic E-state index is 12.5. The lowest BCUT2D eigenvalue weighted by atomic mass is 10.1. The number of rotatable bonds is 7. The average Bonchev–Trinajstić information content (AvgIpc) is 2.74. The van der Waals surface area contributed by atoms with Gasteiger partial charge in [0, 0.05) is 38.3 Å². The number of hydrogen-bond donors (Lipinski definition) is 2. The number of methoxy groups -OCH3 is 1. The van der Waals surface area contributed by atoms with E-state index in [4.69, 9.17) is 4.74 Å². The summed E-state index contributed by atoms with van der Waals surface area (Å²) in [6, 6.07) is 16.0. The molecule has 1 heterocycles. The molecule has 1 saturated heterocycles. The van der Waals surface area contributed by atoms with Crippen molar-refractivity contribution in [3.63, 3.8) is 0 Å². The lowest BCUT2D eigenvalue weighted by Gasteiger charge is -2.35. The molecule has 0 radical (unpaired) electrons. The largest absolute Gasteiger partial charge is 0.508 e. The van der Waals surface area contributed by atoms with Crippen molar-refractivity contribution < 1.29 is 19.4 Å². The standard InChI is InChI=1S/C22H27N3O4/c1-29-22(28)20(15-17-5-3-2-4-6-17)23-21(27)16-24-11-13-25(14-12-24)18-7-9-19(26)10-8-18/h2-10,20,26H,11-16H2,1H3,(H,23,27)/t20-/m1/s1. The summed E-state index contributed by atoms with van der Waals surface area (Å²) in [6.07, 6.45) is 0.397. The number of ether oxygens (including phenoxy) is 1. The summed E-state index contributed by atoms with van der Waals surface area (Å²) in [6.45, 7) is 3.32. The third-order valence-corrected chi connectivity index (χ3v) is 5.06. The van der Waals surface area contributed by atoms with E-state index in [9.17, 15) is 14.7 Å². The second-order valence-corrected chi connectivity index (χ2v) is 7.11. The van der Waals surface area contributed by atoms with Crippen molar-refractivity contribution in [3.8, 4) is 5.75 Å². The highest BCUT2D eigenvalue weighted by molar-refractivity contribution is 5.85. The van der Waals surface area contributed by atoms with Gasteiger partial charge in [0.05, 0.1) is 13.7 Å². The first-order chi connectivity index (χ1) is 14.0. The van der Waals surface area contributed by atoms with E-state index in [0.717, 1.165) is 37.4 Å². The van der Waals surface area contributed by atoms with Crippen LogP contribution in [0.2, 0.25) is 0 Å². The van der Waals surface area contributed by atoms with Gasteiger partial charge < -0.3 is 20.1 Å². The smallest absolute Gasteiger partial charge is 0.328 e. The topological polar surface area (TPSA) is 82.1 Å². The lowest BCUT2D eigenvalue weighted by molar-refractivity contribution is -0.145. The number of piperazine rings is 1. The molecule has 1 fully saturated rings. The first kappa shape index (κ1) is 20.7. The molecule has 1 amide bonds. The number of anilines is 1. The van der Waals surface area contributed by atoms with Crippen molar-refractivity contribution in [1.82, 2.24) is 10.2 Å². The zero-order valence-corrected chi connectivity index (χ0v) is 16.6. The third-order valence-electron chi connectivity index (χ3n) is 5.06.